The van der Waals surface area contributed by atoms with Crippen molar-refractivity contribution in [2.24, 2.45) is 5.73 Å². The average molecular weight is 247 g/mol. The molecule has 2 aromatic rings. The van der Waals surface area contributed by atoms with Crippen LogP contribution in [0.15, 0.2) is 24.4 Å². The van der Waals surface area contributed by atoms with Gasteiger partial charge in [-0.3, -0.25) is 9.20 Å². The molecule has 0 aromatic carbocycles. The number of aromatic nitrogens is 3. The van der Waals surface area contributed by atoms with Crippen LogP contribution in [-0.2, 0) is 4.79 Å². The SMILES string of the molecule is CC[C@H](N)C(=O)NC(C)c1nnc2ccccn12. The summed E-state index contributed by atoms with van der Waals surface area (Å²) in [6, 6.07) is 4.94. The zero-order chi connectivity index (χ0) is 13.1. The van der Waals surface area contributed by atoms with E-state index in [1.807, 2.05) is 42.6 Å². The second kappa shape index (κ2) is 5.14. The highest BCUT2D eigenvalue weighted by molar-refractivity contribution is 5.81. The fraction of sp³-hybridized carbons (Fsp3) is 0.417. The van der Waals surface area contributed by atoms with Gasteiger partial charge < -0.3 is 11.1 Å². The summed E-state index contributed by atoms with van der Waals surface area (Å²) in [6.07, 6.45) is 2.48. The van der Waals surface area contributed by atoms with Crippen LogP contribution in [0.1, 0.15) is 32.1 Å². The number of rotatable bonds is 4. The molecule has 0 spiro atoms. The fourth-order valence-corrected chi connectivity index (χ4v) is 1.73. The second-order valence-electron chi connectivity index (χ2n) is 4.23. The van der Waals surface area contributed by atoms with Crippen LogP contribution in [-0.4, -0.2) is 26.5 Å². The number of carbonyl (C=O) groups excluding carboxylic acids is 1. The normalized spacial score (nSPS) is 14.4. The molecular formula is C12H17N5O. The first-order valence-corrected chi connectivity index (χ1v) is 5.99. The average Bonchev–Trinajstić information content (AvgIpc) is 2.81. The molecule has 2 rings (SSSR count). The molecule has 6 nitrogen and oxygen atoms in total. The zero-order valence-electron chi connectivity index (χ0n) is 10.5. The third-order valence-electron chi connectivity index (χ3n) is 2.86. The minimum Gasteiger partial charge on any atom is -0.345 e. The number of fused-ring (bicyclic) bond motifs is 1. The van der Waals surface area contributed by atoms with Gasteiger partial charge in [0.1, 0.15) is 0 Å². The van der Waals surface area contributed by atoms with Gasteiger partial charge in [0.2, 0.25) is 5.91 Å². The lowest BCUT2D eigenvalue weighted by Crippen LogP contribution is -2.41. The molecule has 0 saturated carbocycles. The van der Waals surface area contributed by atoms with E-state index in [1.165, 1.54) is 0 Å². The monoisotopic (exact) mass is 247 g/mol. The Labute approximate surface area is 105 Å². The van der Waals surface area contributed by atoms with Crippen LogP contribution in [0.2, 0.25) is 0 Å². The highest BCUT2D eigenvalue weighted by Gasteiger charge is 2.18. The smallest absolute Gasteiger partial charge is 0.237 e. The largest absolute Gasteiger partial charge is 0.345 e. The molecule has 18 heavy (non-hydrogen) atoms. The summed E-state index contributed by atoms with van der Waals surface area (Å²) in [4.78, 5) is 11.7. The van der Waals surface area contributed by atoms with Crippen molar-refractivity contribution in [3.63, 3.8) is 0 Å². The molecule has 0 saturated heterocycles. The summed E-state index contributed by atoms with van der Waals surface area (Å²) in [7, 11) is 0. The van der Waals surface area contributed by atoms with E-state index in [1.54, 1.807) is 0 Å². The summed E-state index contributed by atoms with van der Waals surface area (Å²) < 4.78 is 1.85. The van der Waals surface area contributed by atoms with Gasteiger partial charge in [-0.25, -0.2) is 0 Å². The Kier molecular flexibility index (Phi) is 3.57. The van der Waals surface area contributed by atoms with Crippen LogP contribution in [0, 0.1) is 0 Å². The molecule has 96 valence electrons. The van der Waals surface area contributed by atoms with Crippen molar-refractivity contribution in [1.29, 1.82) is 0 Å². The molecule has 0 aliphatic carbocycles. The van der Waals surface area contributed by atoms with Crippen molar-refractivity contribution >= 4 is 11.6 Å². The van der Waals surface area contributed by atoms with Crippen molar-refractivity contribution < 1.29 is 4.79 Å². The van der Waals surface area contributed by atoms with E-state index in [9.17, 15) is 4.79 Å². The van der Waals surface area contributed by atoms with Crippen molar-refractivity contribution in [2.75, 3.05) is 0 Å². The first-order chi connectivity index (χ1) is 8.63. The lowest BCUT2D eigenvalue weighted by atomic mass is 10.2. The zero-order valence-corrected chi connectivity index (χ0v) is 10.5. The van der Waals surface area contributed by atoms with Crippen molar-refractivity contribution in [3.05, 3.63) is 30.2 Å². The summed E-state index contributed by atoms with van der Waals surface area (Å²) in [5.41, 5.74) is 6.43. The Morgan fingerprint density at radius 3 is 3.00 bits per heavy atom. The molecule has 2 atom stereocenters. The highest BCUT2D eigenvalue weighted by atomic mass is 16.2. The van der Waals surface area contributed by atoms with Crippen LogP contribution < -0.4 is 11.1 Å². The predicted octanol–water partition coefficient (Wildman–Crippen LogP) is 0.644. The second-order valence-corrected chi connectivity index (χ2v) is 4.23. The Bertz CT molecular complexity index is 550. The molecule has 1 amide bonds. The van der Waals surface area contributed by atoms with Gasteiger partial charge >= 0.3 is 0 Å². The Hall–Kier alpha value is -1.95. The first kappa shape index (κ1) is 12.5. The third kappa shape index (κ3) is 2.33. The van der Waals surface area contributed by atoms with E-state index in [0.717, 1.165) is 5.65 Å². The molecule has 0 aliphatic heterocycles. The molecule has 0 fully saturated rings. The van der Waals surface area contributed by atoms with Gasteiger partial charge in [-0.1, -0.05) is 13.0 Å². The van der Waals surface area contributed by atoms with Gasteiger partial charge in [0.05, 0.1) is 12.1 Å². The quantitative estimate of drug-likeness (QED) is 0.830. The molecular weight excluding hydrogens is 230 g/mol. The van der Waals surface area contributed by atoms with Crippen LogP contribution in [0.25, 0.3) is 5.65 Å². The Balaban J connectivity index is 2.19. The standard InChI is InChI=1S/C12H17N5O/c1-3-9(13)12(18)14-8(2)11-16-15-10-6-4-5-7-17(10)11/h4-9H,3,13H2,1-2H3,(H,14,18)/t8?,9-/m0/s1. The molecule has 6 heteroatoms. The lowest BCUT2D eigenvalue weighted by Gasteiger charge is -2.15. The Morgan fingerprint density at radius 1 is 1.50 bits per heavy atom. The van der Waals surface area contributed by atoms with Crippen LogP contribution in [0.4, 0.5) is 0 Å². The van der Waals surface area contributed by atoms with Crippen molar-refractivity contribution in [1.82, 2.24) is 19.9 Å². The molecule has 1 unspecified atom stereocenters. The van der Waals surface area contributed by atoms with E-state index >= 15 is 0 Å². The molecule has 2 heterocycles. The number of amides is 1. The maximum Gasteiger partial charge on any atom is 0.237 e. The summed E-state index contributed by atoms with van der Waals surface area (Å²) in [6.45, 7) is 3.74. The topological polar surface area (TPSA) is 85.3 Å². The summed E-state index contributed by atoms with van der Waals surface area (Å²) in [5.74, 6) is 0.528. The van der Waals surface area contributed by atoms with E-state index in [-0.39, 0.29) is 11.9 Å². The minimum atomic E-state index is -0.480. The number of nitrogens with one attached hydrogen (secondary N) is 1. The summed E-state index contributed by atoms with van der Waals surface area (Å²) >= 11 is 0. The van der Waals surface area contributed by atoms with E-state index in [4.69, 9.17) is 5.73 Å². The molecule has 0 radical (unpaired) electrons. The number of pyridine rings is 1. The third-order valence-corrected chi connectivity index (χ3v) is 2.86. The van der Waals surface area contributed by atoms with Crippen LogP contribution >= 0.6 is 0 Å². The predicted molar refractivity (Wildman–Crippen MR) is 67.8 cm³/mol. The number of hydrogen-bond acceptors (Lipinski definition) is 4. The summed E-state index contributed by atoms with van der Waals surface area (Å²) in [5, 5.41) is 11.0. The van der Waals surface area contributed by atoms with Gasteiger partial charge in [-0.2, -0.15) is 0 Å². The molecule has 0 aliphatic rings. The van der Waals surface area contributed by atoms with E-state index < -0.39 is 6.04 Å². The van der Waals surface area contributed by atoms with Crippen LogP contribution in [0.5, 0.6) is 0 Å². The van der Waals surface area contributed by atoms with Gasteiger partial charge in [0.25, 0.3) is 0 Å². The van der Waals surface area contributed by atoms with Crippen molar-refractivity contribution in [3.8, 4) is 0 Å². The van der Waals surface area contributed by atoms with Gasteiger partial charge in [0.15, 0.2) is 11.5 Å². The molecule has 2 aromatic heterocycles. The first-order valence-electron chi connectivity index (χ1n) is 5.99. The van der Waals surface area contributed by atoms with Gasteiger partial charge in [0, 0.05) is 6.20 Å². The highest BCUT2D eigenvalue weighted by Crippen LogP contribution is 2.11. The maximum atomic E-state index is 11.7. The lowest BCUT2D eigenvalue weighted by molar-refractivity contribution is -0.123. The minimum absolute atomic E-state index is 0.169. The number of nitrogens with zero attached hydrogens (tertiary/aromatic N) is 3. The number of hydrogen-bond donors (Lipinski definition) is 2. The number of nitrogens with two attached hydrogens (primary N) is 1. The maximum absolute atomic E-state index is 11.7. The van der Waals surface area contributed by atoms with Crippen molar-refractivity contribution in [2.45, 2.75) is 32.4 Å². The van der Waals surface area contributed by atoms with Crippen LogP contribution in [0.3, 0.4) is 0 Å². The van der Waals surface area contributed by atoms with E-state index in [2.05, 4.69) is 15.5 Å². The molecule has 3 N–H and O–H groups in total. The van der Waals surface area contributed by atoms with Gasteiger partial charge in [-0.15, -0.1) is 10.2 Å². The molecule has 0 bridgehead atoms. The van der Waals surface area contributed by atoms with Gasteiger partial charge in [-0.05, 0) is 25.5 Å². The Morgan fingerprint density at radius 2 is 2.28 bits per heavy atom. The fourth-order valence-electron chi connectivity index (χ4n) is 1.73. The number of carbonyl (C=O) groups is 1. The van der Waals surface area contributed by atoms with E-state index in [0.29, 0.717) is 12.2 Å².